The first kappa shape index (κ1) is 10.4. The molecule has 2 N–H and O–H groups in total. The molecule has 1 saturated heterocycles. The average Bonchev–Trinajstić information content (AvgIpc) is 2.74. The zero-order valence-electron chi connectivity index (χ0n) is 8.80. The summed E-state index contributed by atoms with van der Waals surface area (Å²) in [5.74, 6) is 0.589. The maximum atomic E-state index is 13.2. The van der Waals surface area contributed by atoms with E-state index in [9.17, 15) is 4.39 Å². The Morgan fingerprint density at radius 3 is 3.00 bits per heavy atom. The first-order valence-electron chi connectivity index (χ1n) is 5.55. The number of nitrogens with one attached hydrogen (secondary N) is 2. The van der Waals surface area contributed by atoms with Crippen molar-refractivity contribution in [3.05, 3.63) is 30.1 Å². The monoisotopic (exact) mass is 208 g/mol. The molecule has 1 heterocycles. The third-order valence-electron chi connectivity index (χ3n) is 2.90. The Bertz CT molecular complexity index is 308. The summed E-state index contributed by atoms with van der Waals surface area (Å²) in [4.78, 5) is 0. The molecule has 15 heavy (non-hydrogen) atoms. The van der Waals surface area contributed by atoms with Gasteiger partial charge in [-0.3, -0.25) is 0 Å². The zero-order chi connectivity index (χ0) is 10.5. The van der Waals surface area contributed by atoms with Gasteiger partial charge in [0.15, 0.2) is 0 Å². The topological polar surface area (TPSA) is 24.1 Å². The van der Waals surface area contributed by atoms with Gasteiger partial charge in [0, 0.05) is 6.54 Å². The van der Waals surface area contributed by atoms with Crippen molar-refractivity contribution in [2.45, 2.75) is 12.8 Å². The van der Waals surface area contributed by atoms with Gasteiger partial charge in [-0.05, 0) is 44.0 Å². The van der Waals surface area contributed by atoms with E-state index in [4.69, 9.17) is 0 Å². The molecule has 1 aromatic carbocycles. The van der Waals surface area contributed by atoms with Crippen molar-refractivity contribution in [1.29, 1.82) is 0 Å². The molecule has 0 aromatic heterocycles. The van der Waals surface area contributed by atoms with Crippen LogP contribution in [0.1, 0.15) is 12.8 Å². The Labute approximate surface area is 89.9 Å². The molecule has 1 fully saturated rings. The number of hydrogen-bond donors (Lipinski definition) is 2. The molecule has 0 saturated carbocycles. The molecule has 2 nitrogen and oxygen atoms in total. The van der Waals surface area contributed by atoms with Crippen LogP contribution >= 0.6 is 0 Å². The van der Waals surface area contributed by atoms with Crippen LogP contribution in [0.25, 0.3) is 0 Å². The predicted octanol–water partition coefficient (Wildman–Crippen LogP) is 2.24. The van der Waals surface area contributed by atoms with Crippen LogP contribution in [-0.4, -0.2) is 19.6 Å². The van der Waals surface area contributed by atoms with Gasteiger partial charge in [-0.15, -0.1) is 0 Å². The van der Waals surface area contributed by atoms with Crippen molar-refractivity contribution < 1.29 is 4.39 Å². The smallest absolute Gasteiger partial charge is 0.146 e. The van der Waals surface area contributed by atoms with Crippen LogP contribution < -0.4 is 10.6 Å². The van der Waals surface area contributed by atoms with Crippen LogP contribution in [0, 0.1) is 11.7 Å². The second-order valence-corrected chi connectivity index (χ2v) is 4.05. The van der Waals surface area contributed by atoms with Crippen LogP contribution in [0.4, 0.5) is 10.1 Å². The van der Waals surface area contributed by atoms with Crippen LogP contribution in [0.15, 0.2) is 24.3 Å². The highest BCUT2D eigenvalue weighted by molar-refractivity contribution is 5.44. The van der Waals surface area contributed by atoms with Gasteiger partial charge in [0.1, 0.15) is 5.82 Å². The highest BCUT2D eigenvalue weighted by Crippen LogP contribution is 2.15. The lowest BCUT2D eigenvalue weighted by Crippen LogP contribution is -2.13. The van der Waals surface area contributed by atoms with Crippen molar-refractivity contribution >= 4 is 5.69 Å². The first-order valence-corrected chi connectivity index (χ1v) is 5.55. The second-order valence-electron chi connectivity index (χ2n) is 4.05. The Balaban J connectivity index is 1.75. The predicted molar refractivity (Wildman–Crippen MR) is 60.5 cm³/mol. The summed E-state index contributed by atoms with van der Waals surface area (Å²) in [6.45, 7) is 3.09. The molecule has 1 unspecified atom stereocenters. The minimum atomic E-state index is -0.165. The summed E-state index contributed by atoms with van der Waals surface area (Å²) in [7, 11) is 0. The molecule has 0 amide bonds. The number of hydrogen-bond acceptors (Lipinski definition) is 2. The second kappa shape index (κ2) is 5.12. The Kier molecular flexibility index (Phi) is 3.56. The van der Waals surface area contributed by atoms with Crippen molar-refractivity contribution in [3.63, 3.8) is 0 Å². The Hall–Kier alpha value is -1.09. The van der Waals surface area contributed by atoms with Crippen LogP contribution in [0.3, 0.4) is 0 Å². The maximum absolute atomic E-state index is 13.2. The van der Waals surface area contributed by atoms with Gasteiger partial charge < -0.3 is 10.6 Å². The van der Waals surface area contributed by atoms with E-state index in [1.807, 2.05) is 6.07 Å². The highest BCUT2D eigenvalue weighted by atomic mass is 19.1. The third kappa shape index (κ3) is 2.93. The fraction of sp³-hybridized carbons (Fsp3) is 0.500. The number of anilines is 1. The van der Waals surface area contributed by atoms with Gasteiger partial charge in [0.2, 0.25) is 0 Å². The lowest BCUT2D eigenvalue weighted by Gasteiger charge is -2.10. The number of para-hydroxylation sites is 1. The minimum absolute atomic E-state index is 0.165. The molecule has 0 radical (unpaired) electrons. The van der Waals surface area contributed by atoms with Crippen molar-refractivity contribution in [3.8, 4) is 0 Å². The van der Waals surface area contributed by atoms with Crippen LogP contribution in [-0.2, 0) is 0 Å². The summed E-state index contributed by atoms with van der Waals surface area (Å²) >= 11 is 0. The summed E-state index contributed by atoms with van der Waals surface area (Å²) in [6.07, 6.45) is 2.36. The van der Waals surface area contributed by atoms with E-state index in [-0.39, 0.29) is 5.82 Å². The van der Waals surface area contributed by atoms with E-state index in [0.717, 1.165) is 32.0 Å². The summed E-state index contributed by atoms with van der Waals surface area (Å²) < 4.78 is 13.2. The molecule has 3 heteroatoms. The van der Waals surface area contributed by atoms with Gasteiger partial charge in [-0.2, -0.15) is 0 Å². The quantitative estimate of drug-likeness (QED) is 0.793. The van der Waals surface area contributed by atoms with E-state index < -0.39 is 0 Å². The van der Waals surface area contributed by atoms with E-state index in [2.05, 4.69) is 10.6 Å². The molecule has 1 aliphatic heterocycles. The molecule has 1 aliphatic rings. The summed E-state index contributed by atoms with van der Waals surface area (Å²) in [5.41, 5.74) is 0.614. The molecule has 0 spiro atoms. The summed E-state index contributed by atoms with van der Waals surface area (Å²) in [6, 6.07) is 6.83. The lowest BCUT2D eigenvalue weighted by atomic mass is 10.1. The van der Waals surface area contributed by atoms with Gasteiger partial charge >= 0.3 is 0 Å². The van der Waals surface area contributed by atoms with Crippen molar-refractivity contribution in [2.24, 2.45) is 5.92 Å². The number of rotatable bonds is 4. The van der Waals surface area contributed by atoms with Crippen LogP contribution in [0.2, 0.25) is 0 Å². The molecule has 1 atom stereocenters. The standard InChI is InChI=1S/C12H17FN2/c13-11-3-1-2-4-12(11)15-8-6-10-5-7-14-9-10/h1-4,10,14-15H,5-9H2. The number of benzene rings is 1. The molecular formula is C12H17FN2. The normalized spacial score (nSPS) is 20.5. The van der Waals surface area contributed by atoms with E-state index >= 15 is 0 Å². The van der Waals surface area contributed by atoms with Crippen molar-refractivity contribution in [1.82, 2.24) is 5.32 Å². The van der Waals surface area contributed by atoms with E-state index in [0.29, 0.717) is 5.69 Å². The Morgan fingerprint density at radius 1 is 1.40 bits per heavy atom. The Morgan fingerprint density at radius 2 is 2.27 bits per heavy atom. The molecular weight excluding hydrogens is 191 g/mol. The summed E-state index contributed by atoms with van der Waals surface area (Å²) in [5, 5.41) is 6.47. The van der Waals surface area contributed by atoms with Gasteiger partial charge in [-0.25, -0.2) is 4.39 Å². The fourth-order valence-electron chi connectivity index (χ4n) is 1.98. The highest BCUT2D eigenvalue weighted by Gasteiger charge is 2.13. The van der Waals surface area contributed by atoms with Crippen molar-refractivity contribution in [2.75, 3.05) is 25.0 Å². The lowest BCUT2D eigenvalue weighted by molar-refractivity contribution is 0.547. The van der Waals surface area contributed by atoms with Gasteiger partial charge in [-0.1, -0.05) is 12.1 Å². The zero-order valence-corrected chi connectivity index (χ0v) is 8.80. The third-order valence-corrected chi connectivity index (χ3v) is 2.90. The SMILES string of the molecule is Fc1ccccc1NCCC1CCNC1. The maximum Gasteiger partial charge on any atom is 0.146 e. The average molecular weight is 208 g/mol. The molecule has 0 bridgehead atoms. The molecule has 2 rings (SSSR count). The van der Waals surface area contributed by atoms with Crippen LogP contribution in [0.5, 0.6) is 0 Å². The first-order chi connectivity index (χ1) is 7.36. The van der Waals surface area contributed by atoms with Gasteiger partial charge in [0.25, 0.3) is 0 Å². The van der Waals surface area contributed by atoms with E-state index in [1.165, 1.54) is 12.5 Å². The fourth-order valence-corrected chi connectivity index (χ4v) is 1.98. The molecule has 82 valence electrons. The number of halogens is 1. The van der Waals surface area contributed by atoms with E-state index in [1.54, 1.807) is 12.1 Å². The molecule has 0 aliphatic carbocycles. The largest absolute Gasteiger partial charge is 0.383 e. The molecule has 1 aromatic rings. The van der Waals surface area contributed by atoms with Gasteiger partial charge in [0.05, 0.1) is 5.69 Å². The minimum Gasteiger partial charge on any atom is -0.383 e.